The van der Waals surface area contributed by atoms with Gasteiger partial charge < -0.3 is 14.6 Å². The molecular weight excluding hydrogens is 180 g/mol. The molecule has 3 nitrogen and oxygen atoms in total. The Morgan fingerprint density at radius 1 is 1.57 bits per heavy atom. The Kier molecular flexibility index (Phi) is 4.35. The lowest BCUT2D eigenvalue weighted by Gasteiger charge is -2.32. The van der Waals surface area contributed by atoms with E-state index in [9.17, 15) is 5.11 Å². The van der Waals surface area contributed by atoms with E-state index in [-0.39, 0.29) is 17.6 Å². The van der Waals surface area contributed by atoms with E-state index < -0.39 is 0 Å². The molecule has 1 N–H and O–H groups in total. The fourth-order valence-corrected chi connectivity index (χ4v) is 1.82. The molecule has 2 unspecified atom stereocenters. The molecule has 3 heteroatoms. The molecule has 1 aliphatic heterocycles. The maximum atomic E-state index is 9.98. The summed E-state index contributed by atoms with van der Waals surface area (Å²) < 4.78 is 10.6. The van der Waals surface area contributed by atoms with Gasteiger partial charge in [-0.3, -0.25) is 0 Å². The van der Waals surface area contributed by atoms with Gasteiger partial charge in [0.05, 0.1) is 18.3 Å². The lowest BCUT2D eigenvalue weighted by atomic mass is 9.88. The van der Waals surface area contributed by atoms with Gasteiger partial charge in [0, 0.05) is 26.1 Å². The van der Waals surface area contributed by atoms with E-state index in [1.54, 1.807) is 7.11 Å². The highest BCUT2D eigenvalue weighted by Crippen LogP contribution is 2.25. The highest BCUT2D eigenvalue weighted by molar-refractivity contribution is 4.79. The quantitative estimate of drug-likeness (QED) is 0.752. The van der Waals surface area contributed by atoms with E-state index in [0.717, 1.165) is 19.4 Å². The highest BCUT2D eigenvalue weighted by atomic mass is 16.5. The molecule has 1 aliphatic rings. The van der Waals surface area contributed by atoms with Gasteiger partial charge in [0.2, 0.25) is 0 Å². The number of aliphatic hydroxyl groups is 1. The average molecular weight is 202 g/mol. The van der Waals surface area contributed by atoms with E-state index in [0.29, 0.717) is 13.0 Å². The largest absolute Gasteiger partial charge is 0.393 e. The molecular formula is C11H22O3. The molecule has 0 aromatic carbocycles. The molecule has 1 rings (SSSR count). The summed E-state index contributed by atoms with van der Waals surface area (Å²) in [7, 11) is 1.68. The molecule has 14 heavy (non-hydrogen) atoms. The zero-order valence-corrected chi connectivity index (χ0v) is 9.45. The Bertz CT molecular complexity index is 162. The maximum absolute atomic E-state index is 9.98. The van der Waals surface area contributed by atoms with Crippen LogP contribution in [0.1, 0.15) is 33.1 Å². The summed E-state index contributed by atoms with van der Waals surface area (Å²) in [6, 6.07) is 0. The summed E-state index contributed by atoms with van der Waals surface area (Å²) in [6.07, 6.45) is 2.51. The molecule has 0 aromatic rings. The van der Waals surface area contributed by atoms with Crippen LogP contribution < -0.4 is 0 Å². The molecule has 84 valence electrons. The van der Waals surface area contributed by atoms with Crippen LogP contribution in [0.15, 0.2) is 0 Å². The van der Waals surface area contributed by atoms with Crippen LogP contribution in [-0.2, 0) is 9.47 Å². The molecule has 1 heterocycles. The number of ether oxygens (including phenoxy) is 2. The van der Waals surface area contributed by atoms with Crippen LogP contribution in [0.5, 0.6) is 0 Å². The molecule has 0 spiro atoms. The van der Waals surface area contributed by atoms with E-state index >= 15 is 0 Å². The van der Waals surface area contributed by atoms with Crippen molar-refractivity contribution < 1.29 is 14.6 Å². The normalized spacial score (nSPS) is 26.1. The number of methoxy groups -OCH3 is 1. The Labute approximate surface area is 86.4 Å². The second-order valence-electron chi connectivity index (χ2n) is 4.71. The molecule has 1 fully saturated rings. The Balaban J connectivity index is 2.36. The first-order valence-corrected chi connectivity index (χ1v) is 5.36. The lowest BCUT2D eigenvalue weighted by molar-refractivity contribution is -0.0616. The molecule has 0 aliphatic carbocycles. The molecule has 0 saturated carbocycles. The van der Waals surface area contributed by atoms with Crippen molar-refractivity contribution in [1.82, 2.24) is 0 Å². The summed E-state index contributed by atoms with van der Waals surface area (Å²) in [5.74, 6) is 0.290. The zero-order chi connectivity index (χ0) is 10.6. The van der Waals surface area contributed by atoms with Gasteiger partial charge >= 0.3 is 0 Å². The molecule has 0 aromatic heterocycles. The Morgan fingerprint density at radius 2 is 2.29 bits per heavy atom. The van der Waals surface area contributed by atoms with Gasteiger partial charge in [-0.05, 0) is 26.7 Å². The fraction of sp³-hybridized carbons (Fsp3) is 1.00. The summed E-state index contributed by atoms with van der Waals surface area (Å²) in [4.78, 5) is 0. The third-order valence-electron chi connectivity index (χ3n) is 2.99. The average Bonchev–Trinajstić information content (AvgIpc) is 2.19. The minimum Gasteiger partial charge on any atom is -0.393 e. The van der Waals surface area contributed by atoms with Crippen LogP contribution in [0, 0.1) is 5.92 Å². The van der Waals surface area contributed by atoms with Crippen molar-refractivity contribution in [2.75, 3.05) is 20.3 Å². The van der Waals surface area contributed by atoms with Crippen molar-refractivity contribution in [3.63, 3.8) is 0 Å². The standard InChI is InChI=1S/C11H22O3/c1-11(2,13-3)7-10(12)9-5-4-6-14-8-9/h9-10,12H,4-8H2,1-3H3. The van der Waals surface area contributed by atoms with Gasteiger partial charge in [-0.1, -0.05) is 0 Å². The number of hydrogen-bond donors (Lipinski definition) is 1. The van der Waals surface area contributed by atoms with Crippen LogP contribution in [-0.4, -0.2) is 37.1 Å². The zero-order valence-electron chi connectivity index (χ0n) is 9.45. The minimum atomic E-state index is -0.301. The van der Waals surface area contributed by atoms with Crippen molar-refractivity contribution in [3.8, 4) is 0 Å². The number of rotatable bonds is 4. The van der Waals surface area contributed by atoms with Crippen molar-refractivity contribution >= 4 is 0 Å². The van der Waals surface area contributed by atoms with Crippen LogP contribution >= 0.6 is 0 Å². The van der Waals surface area contributed by atoms with Gasteiger partial charge in [-0.2, -0.15) is 0 Å². The van der Waals surface area contributed by atoms with Gasteiger partial charge in [-0.15, -0.1) is 0 Å². The third kappa shape index (κ3) is 3.56. The maximum Gasteiger partial charge on any atom is 0.0647 e. The van der Waals surface area contributed by atoms with Gasteiger partial charge in [-0.25, -0.2) is 0 Å². The number of aliphatic hydroxyl groups excluding tert-OH is 1. The van der Waals surface area contributed by atoms with E-state index in [1.165, 1.54) is 0 Å². The predicted octanol–water partition coefficient (Wildman–Crippen LogP) is 1.59. The highest BCUT2D eigenvalue weighted by Gasteiger charge is 2.28. The first-order chi connectivity index (χ1) is 6.55. The van der Waals surface area contributed by atoms with Gasteiger partial charge in [0.25, 0.3) is 0 Å². The van der Waals surface area contributed by atoms with Crippen LogP contribution in [0.25, 0.3) is 0 Å². The van der Waals surface area contributed by atoms with Gasteiger partial charge in [0.15, 0.2) is 0 Å². The van der Waals surface area contributed by atoms with E-state index in [2.05, 4.69) is 0 Å². The second kappa shape index (κ2) is 5.10. The molecule has 0 bridgehead atoms. The molecule has 1 saturated heterocycles. The first-order valence-electron chi connectivity index (χ1n) is 5.36. The molecule has 0 radical (unpaired) electrons. The predicted molar refractivity (Wildman–Crippen MR) is 55.3 cm³/mol. The van der Waals surface area contributed by atoms with E-state index in [4.69, 9.17) is 9.47 Å². The Hall–Kier alpha value is -0.120. The lowest BCUT2D eigenvalue weighted by Crippen LogP contribution is -2.36. The Morgan fingerprint density at radius 3 is 2.79 bits per heavy atom. The summed E-state index contributed by atoms with van der Waals surface area (Å²) in [5, 5.41) is 9.98. The van der Waals surface area contributed by atoms with Crippen molar-refractivity contribution in [1.29, 1.82) is 0 Å². The van der Waals surface area contributed by atoms with E-state index in [1.807, 2.05) is 13.8 Å². The monoisotopic (exact) mass is 202 g/mol. The molecule has 0 amide bonds. The van der Waals surface area contributed by atoms with Crippen molar-refractivity contribution in [2.24, 2.45) is 5.92 Å². The number of hydrogen-bond acceptors (Lipinski definition) is 3. The van der Waals surface area contributed by atoms with Crippen LogP contribution in [0.3, 0.4) is 0 Å². The third-order valence-corrected chi connectivity index (χ3v) is 2.99. The van der Waals surface area contributed by atoms with Crippen molar-refractivity contribution in [3.05, 3.63) is 0 Å². The van der Waals surface area contributed by atoms with Gasteiger partial charge in [0.1, 0.15) is 0 Å². The smallest absolute Gasteiger partial charge is 0.0647 e. The van der Waals surface area contributed by atoms with Crippen LogP contribution in [0.4, 0.5) is 0 Å². The summed E-state index contributed by atoms with van der Waals surface area (Å²) in [5.41, 5.74) is -0.239. The fourth-order valence-electron chi connectivity index (χ4n) is 1.82. The first kappa shape index (κ1) is 12.0. The summed E-state index contributed by atoms with van der Waals surface area (Å²) >= 11 is 0. The second-order valence-corrected chi connectivity index (χ2v) is 4.71. The SMILES string of the molecule is COC(C)(C)CC(O)C1CCCOC1. The topological polar surface area (TPSA) is 38.7 Å². The molecule has 2 atom stereocenters. The summed E-state index contributed by atoms with van der Waals surface area (Å²) in [6.45, 7) is 5.54. The van der Waals surface area contributed by atoms with Crippen LogP contribution in [0.2, 0.25) is 0 Å². The minimum absolute atomic E-state index is 0.239. The van der Waals surface area contributed by atoms with Crippen molar-refractivity contribution in [2.45, 2.75) is 44.8 Å².